The van der Waals surface area contributed by atoms with Crippen LogP contribution in [0.15, 0.2) is 69.9 Å². The van der Waals surface area contributed by atoms with Crippen LogP contribution in [0.25, 0.3) is 21.7 Å². The number of benzene rings is 3. The maximum atomic E-state index is 13.3. The van der Waals surface area contributed by atoms with E-state index in [1.54, 1.807) is 6.07 Å². The standard InChI is InChI=1S/C20H12F2O3/c21-16-7-6-14(10-17(16)22)24-11-13-9-19(23)25-18-8-5-12-3-1-2-4-15(12)20(13)18/h1-10H,11H2. The quantitative estimate of drug-likeness (QED) is 0.398. The third kappa shape index (κ3) is 2.85. The molecule has 0 aliphatic heterocycles. The number of hydrogen-bond donors (Lipinski definition) is 0. The van der Waals surface area contributed by atoms with E-state index in [2.05, 4.69) is 0 Å². The van der Waals surface area contributed by atoms with E-state index in [-0.39, 0.29) is 12.4 Å². The number of hydrogen-bond acceptors (Lipinski definition) is 3. The fourth-order valence-electron chi connectivity index (χ4n) is 2.86. The lowest BCUT2D eigenvalue weighted by Gasteiger charge is -2.10. The van der Waals surface area contributed by atoms with Crippen molar-refractivity contribution in [3.63, 3.8) is 0 Å². The summed E-state index contributed by atoms with van der Waals surface area (Å²) in [6.07, 6.45) is 0. The second-order valence-corrected chi connectivity index (χ2v) is 5.62. The highest BCUT2D eigenvalue weighted by Crippen LogP contribution is 2.28. The van der Waals surface area contributed by atoms with Crippen molar-refractivity contribution >= 4 is 21.7 Å². The van der Waals surface area contributed by atoms with Crippen molar-refractivity contribution in [2.24, 2.45) is 0 Å². The van der Waals surface area contributed by atoms with Gasteiger partial charge < -0.3 is 9.15 Å². The van der Waals surface area contributed by atoms with Gasteiger partial charge in [0.25, 0.3) is 0 Å². The Balaban J connectivity index is 1.81. The summed E-state index contributed by atoms with van der Waals surface area (Å²) in [6, 6.07) is 16.0. The van der Waals surface area contributed by atoms with Crippen LogP contribution in [0.4, 0.5) is 8.78 Å². The topological polar surface area (TPSA) is 39.4 Å². The van der Waals surface area contributed by atoms with Crippen molar-refractivity contribution in [1.82, 2.24) is 0 Å². The second kappa shape index (κ2) is 6.02. The molecule has 0 bridgehead atoms. The first-order chi connectivity index (χ1) is 12.1. The molecule has 0 atom stereocenters. The van der Waals surface area contributed by atoms with Crippen molar-refractivity contribution in [1.29, 1.82) is 0 Å². The Bertz CT molecular complexity index is 1150. The van der Waals surface area contributed by atoms with Crippen LogP contribution in [-0.2, 0) is 6.61 Å². The van der Waals surface area contributed by atoms with Gasteiger partial charge in [0, 0.05) is 23.1 Å². The van der Waals surface area contributed by atoms with Gasteiger partial charge in [0.05, 0.1) is 0 Å². The molecule has 124 valence electrons. The van der Waals surface area contributed by atoms with Crippen LogP contribution in [0.1, 0.15) is 5.56 Å². The zero-order valence-electron chi connectivity index (χ0n) is 13.0. The first-order valence-corrected chi connectivity index (χ1v) is 7.64. The molecule has 4 rings (SSSR count). The lowest BCUT2D eigenvalue weighted by Crippen LogP contribution is -2.04. The van der Waals surface area contributed by atoms with Crippen LogP contribution in [0.5, 0.6) is 5.75 Å². The van der Waals surface area contributed by atoms with E-state index in [0.29, 0.717) is 11.1 Å². The van der Waals surface area contributed by atoms with Crippen molar-refractivity contribution in [3.05, 3.63) is 88.3 Å². The van der Waals surface area contributed by atoms with E-state index in [0.717, 1.165) is 28.3 Å². The van der Waals surface area contributed by atoms with Gasteiger partial charge in [-0.2, -0.15) is 0 Å². The summed E-state index contributed by atoms with van der Waals surface area (Å²) < 4.78 is 37.2. The molecular weight excluding hydrogens is 326 g/mol. The van der Waals surface area contributed by atoms with E-state index < -0.39 is 17.3 Å². The monoisotopic (exact) mass is 338 g/mol. The smallest absolute Gasteiger partial charge is 0.336 e. The molecular formula is C20H12F2O3. The molecule has 0 aliphatic carbocycles. The molecule has 0 saturated heterocycles. The Morgan fingerprint density at radius 2 is 1.76 bits per heavy atom. The zero-order valence-corrected chi connectivity index (χ0v) is 13.0. The molecule has 3 nitrogen and oxygen atoms in total. The molecule has 0 aliphatic rings. The van der Waals surface area contributed by atoms with Crippen molar-refractivity contribution in [2.75, 3.05) is 0 Å². The number of halogens is 2. The molecule has 0 amide bonds. The van der Waals surface area contributed by atoms with E-state index in [4.69, 9.17) is 9.15 Å². The van der Waals surface area contributed by atoms with E-state index >= 15 is 0 Å². The summed E-state index contributed by atoms with van der Waals surface area (Å²) in [4.78, 5) is 11.8. The van der Waals surface area contributed by atoms with Crippen LogP contribution in [0.2, 0.25) is 0 Å². The third-order valence-electron chi connectivity index (χ3n) is 4.00. The minimum atomic E-state index is -0.986. The summed E-state index contributed by atoms with van der Waals surface area (Å²) in [5.41, 5.74) is 0.578. The van der Waals surface area contributed by atoms with Crippen LogP contribution in [0, 0.1) is 11.6 Å². The molecule has 0 radical (unpaired) electrons. The van der Waals surface area contributed by atoms with Crippen molar-refractivity contribution in [2.45, 2.75) is 6.61 Å². The van der Waals surface area contributed by atoms with Gasteiger partial charge in [-0.15, -0.1) is 0 Å². The number of rotatable bonds is 3. The highest BCUT2D eigenvalue weighted by atomic mass is 19.2. The first-order valence-electron chi connectivity index (χ1n) is 7.64. The van der Waals surface area contributed by atoms with Crippen LogP contribution in [-0.4, -0.2) is 0 Å². The Kier molecular flexibility index (Phi) is 3.69. The molecule has 4 aromatic rings. The highest BCUT2D eigenvalue weighted by molar-refractivity contribution is 6.06. The summed E-state index contributed by atoms with van der Waals surface area (Å²) in [7, 11) is 0. The van der Waals surface area contributed by atoms with Gasteiger partial charge in [0.15, 0.2) is 11.6 Å². The fraction of sp³-hybridized carbons (Fsp3) is 0.0500. The third-order valence-corrected chi connectivity index (χ3v) is 4.00. The van der Waals surface area contributed by atoms with E-state index in [9.17, 15) is 13.6 Å². The molecule has 0 saturated carbocycles. The molecule has 1 heterocycles. The van der Waals surface area contributed by atoms with E-state index in [1.165, 1.54) is 12.1 Å². The summed E-state index contributed by atoms with van der Waals surface area (Å²) >= 11 is 0. The van der Waals surface area contributed by atoms with E-state index in [1.807, 2.05) is 30.3 Å². The molecule has 0 spiro atoms. The normalized spacial score (nSPS) is 11.1. The lowest BCUT2D eigenvalue weighted by molar-refractivity contribution is 0.304. The zero-order chi connectivity index (χ0) is 17.4. The van der Waals surface area contributed by atoms with Crippen molar-refractivity contribution < 1.29 is 17.9 Å². The molecule has 0 fully saturated rings. The Morgan fingerprint density at radius 1 is 0.920 bits per heavy atom. The second-order valence-electron chi connectivity index (χ2n) is 5.62. The molecule has 25 heavy (non-hydrogen) atoms. The Labute approximate surface area is 141 Å². The maximum Gasteiger partial charge on any atom is 0.336 e. The van der Waals surface area contributed by atoms with Gasteiger partial charge in [0.2, 0.25) is 0 Å². The van der Waals surface area contributed by atoms with Gasteiger partial charge in [-0.3, -0.25) is 0 Å². The first kappa shape index (κ1) is 15.3. The van der Waals surface area contributed by atoms with Crippen LogP contribution < -0.4 is 10.4 Å². The number of ether oxygens (including phenoxy) is 1. The molecule has 0 N–H and O–H groups in total. The Hall–Kier alpha value is -3.21. The average molecular weight is 338 g/mol. The minimum absolute atomic E-state index is 0.0289. The largest absolute Gasteiger partial charge is 0.489 e. The number of fused-ring (bicyclic) bond motifs is 3. The average Bonchev–Trinajstić information content (AvgIpc) is 2.62. The van der Waals surface area contributed by atoms with Gasteiger partial charge in [-0.25, -0.2) is 13.6 Å². The lowest BCUT2D eigenvalue weighted by atomic mass is 10.0. The Morgan fingerprint density at radius 3 is 2.60 bits per heavy atom. The molecule has 5 heteroatoms. The van der Waals surface area contributed by atoms with Gasteiger partial charge >= 0.3 is 5.63 Å². The summed E-state index contributed by atoms with van der Waals surface area (Å²) in [6.45, 7) is 0.0289. The van der Waals surface area contributed by atoms with Crippen molar-refractivity contribution in [3.8, 4) is 5.75 Å². The van der Waals surface area contributed by atoms with Gasteiger partial charge in [-0.1, -0.05) is 30.3 Å². The highest BCUT2D eigenvalue weighted by Gasteiger charge is 2.11. The minimum Gasteiger partial charge on any atom is -0.489 e. The van der Waals surface area contributed by atoms with Crippen LogP contribution >= 0.6 is 0 Å². The predicted octanol–water partition coefficient (Wildman–Crippen LogP) is 4.80. The predicted molar refractivity (Wildman–Crippen MR) is 90.7 cm³/mol. The summed E-state index contributed by atoms with van der Waals surface area (Å²) in [5.74, 6) is -1.75. The molecule has 0 unspecified atom stereocenters. The van der Waals surface area contributed by atoms with Crippen LogP contribution in [0.3, 0.4) is 0 Å². The fourth-order valence-corrected chi connectivity index (χ4v) is 2.86. The van der Waals surface area contributed by atoms with Gasteiger partial charge in [0.1, 0.15) is 17.9 Å². The summed E-state index contributed by atoms with van der Waals surface area (Å²) in [5, 5.41) is 2.69. The SMILES string of the molecule is O=c1cc(COc2ccc(F)c(F)c2)c2c(ccc3ccccc32)o1. The maximum absolute atomic E-state index is 13.3. The molecule has 3 aromatic carbocycles. The molecule has 1 aromatic heterocycles. The van der Waals surface area contributed by atoms with Gasteiger partial charge in [-0.05, 0) is 29.0 Å².